The molecule has 4 heteroatoms. The maximum atomic E-state index is 13.3. The minimum Gasteiger partial charge on any atom is -0.457 e. The highest BCUT2D eigenvalue weighted by Gasteiger charge is 2.33. The van der Waals surface area contributed by atoms with Crippen LogP contribution in [0.4, 0.5) is 0 Å². The average molecular weight is 399 g/mol. The number of esters is 1. The summed E-state index contributed by atoms with van der Waals surface area (Å²) in [4.78, 5) is 18.2. The van der Waals surface area contributed by atoms with Gasteiger partial charge in [-0.25, -0.2) is 4.79 Å². The first-order chi connectivity index (χ1) is 14.4. The molecule has 0 N–H and O–H groups in total. The van der Waals surface area contributed by atoms with Gasteiger partial charge in [0.25, 0.3) is 0 Å². The van der Waals surface area contributed by atoms with Crippen LogP contribution in [-0.4, -0.2) is 11.0 Å². The second-order valence-electron chi connectivity index (χ2n) is 9.12. The number of carbonyl (C=O) groups excluding carboxylic acids is 1. The average Bonchev–Trinajstić information content (AvgIpc) is 2.75. The number of rotatable bonds is 3. The normalized spacial score (nSPS) is 16.0. The first-order valence-corrected chi connectivity index (χ1v) is 10.4. The van der Waals surface area contributed by atoms with E-state index in [0.29, 0.717) is 17.0 Å². The molecule has 0 radical (unpaired) electrons. The number of fused-ring (bicyclic) bond motifs is 2. The monoisotopic (exact) mass is 398 g/mol. The molecule has 0 spiro atoms. The largest absolute Gasteiger partial charge is 0.457 e. The van der Waals surface area contributed by atoms with E-state index < -0.39 is 0 Å². The molecule has 1 aliphatic carbocycles. The number of hydrogen-bond acceptors (Lipinski definition) is 4. The summed E-state index contributed by atoms with van der Waals surface area (Å²) in [6.07, 6.45) is 2.80. The number of nitrogens with zero attached hydrogens (tertiary/aromatic N) is 2. The second kappa shape index (κ2) is 7.91. The zero-order valence-electron chi connectivity index (χ0n) is 17.7. The van der Waals surface area contributed by atoms with Crippen molar-refractivity contribution in [2.24, 2.45) is 11.3 Å². The van der Waals surface area contributed by atoms with Gasteiger partial charge in [0.1, 0.15) is 6.61 Å². The summed E-state index contributed by atoms with van der Waals surface area (Å²) in [7, 11) is 0. The Morgan fingerprint density at radius 2 is 2.00 bits per heavy atom. The third-order valence-electron chi connectivity index (χ3n) is 6.11. The number of carbonyl (C=O) groups is 1. The van der Waals surface area contributed by atoms with Gasteiger partial charge in [0.2, 0.25) is 0 Å². The van der Waals surface area contributed by atoms with Crippen molar-refractivity contribution >= 4 is 16.9 Å². The number of para-hydroxylation sites is 1. The van der Waals surface area contributed by atoms with Gasteiger partial charge in [-0.15, -0.1) is 0 Å². The molecule has 0 fully saturated rings. The van der Waals surface area contributed by atoms with Gasteiger partial charge in [-0.2, -0.15) is 5.26 Å². The van der Waals surface area contributed by atoms with Crippen LogP contribution in [0.15, 0.2) is 48.5 Å². The lowest BCUT2D eigenvalue weighted by molar-refractivity contribution is 0.0472. The van der Waals surface area contributed by atoms with Gasteiger partial charge in [0.05, 0.1) is 22.7 Å². The Kier molecular flexibility index (Phi) is 5.30. The van der Waals surface area contributed by atoms with Gasteiger partial charge >= 0.3 is 5.97 Å². The Morgan fingerprint density at radius 3 is 2.77 bits per heavy atom. The van der Waals surface area contributed by atoms with Crippen LogP contribution in [-0.2, 0) is 24.2 Å². The highest BCUT2D eigenvalue weighted by molar-refractivity contribution is 6.05. The molecule has 1 aromatic heterocycles. The SMILES string of the molecule is CC(C)(C)[C@H]1CCc2nc3ccccc3c(C(=O)OCc3cccc(C#N)c3)c2C1. The van der Waals surface area contributed by atoms with E-state index in [4.69, 9.17) is 15.0 Å². The van der Waals surface area contributed by atoms with Crippen molar-refractivity contribution in [1.82, 2.24) is 4.98 Å². The Labute approximate surface area is 177 Å². The predicted octanol–water partition coefficient (Wildman–Crippen LogP) is 5.61. The van der Waals surface area contributed by atoms with Crippen molar-refractivity contribution in [2.75, 3.05) is 0 Å². The van der Waals surface area contributed by atoms with Gasteiger partial charge in [-0.05, 0) is 59.9 Å². The van der Waals surface area contributed by atoms with Crippen LogP contribution in [0, 0.1) is 22.7 Å². The summed E-state index contributed by atoms with van der Waals surface area (Å²) in [5.41, 5.74) is 5.08. The summed E-state index contributed by atoms with van der Waals surface area (Å²) in [5, 5.41) is 9.94. The van der Waals surface area contributed by atoms with E-state index in [1.807, 2.05) is 30.3 Å². The zero-order chi connectivity index (χ0) is 21.3. The van der Waals surface area contributed by atoms with E-state index in [9.17, 15) is 4.79 Å². The zero-order valence-corrected chi connectivity index (χ0v) is 17.7. The van der Waals surface area contributed by atoms with Crippen molar-refractivity contribution in [1.29, 1.82) is 5.26 Å². The molecule has 0 unspecified atom stereocenters. The lowest BCUT2D eigenvalue weighted by Gasteiger charge is -2.35. The number of benzene rings is 2. The molecule has 1 atom stereocenters. The molecule has 3 aromatic rings. The molecule has 152 valence electrons. The maximum Gasteiger partial charge on any atom is 0.339 e. The van der Waals surface area contributed by atoms with Gasteiger partial charge in [0, 0.05) is 11.1 Å². The van der Waals surface area contributed by atoms with Crippen molar-refractivity contribution in [3.05, 3.63) is 76.5 Å². The molecule has 0 saturated carbocycles. The minimum atomic E-state index is -0.318. The smallest absolute Gasteiger partial charge is 0.339 e. The minimum absolute atomic E-state index is 0.141. The first kappa shape index (κ1) is 20.1. The Bertz CT molecular complexity index is 1150. The molecule has 0 saturated heterocycles. The molecule has 0 amide bonds. The number of aromatic nitrogens is 1. The number of pyridine rings is 1. The lowest BCUT2D eigenvalue weighted by atomic mass is 9.70. The van der Waals surface area contributed by atoms with Crippen LogP contribution in [0.3, 0.4) is 0 Å². The maximum absolute atomic E-state index is 13.3. The Hall–Kier alpha value is -3.19. The predicted molar refractivity (Wildman–Crippen MR) is 117 cm³/mol. The topological polar surface area (TPSA) is 63.0 Å². The molecular weight excluding hydrogens is 372 g/mol. The molecule has 4 nitrogen and oxygen atoms in total. The summed E-state index contributed by atoms with van der Waals surface area (Å²) < 4.78 is 5.73. The number of hydrogen-bond donors (Lipinski definition) is 0. The van der Waals surface area contributed by atoms with E-state index in [1.54, 1.807) is 18.2 Å². The van der Waals surface area contributed by atoms with E-state index in [0.717, 1.165) is 47.0 Å². The molecule has 0 bridgehead atoms. The molecule has 0 aliphatic heterocycles. The van der Waals surface area contributed by atoms with Crippen molar-refractivity contribution in [3.63, 3.8) is 0 Å². The molecule has 4 rings (SSSR count). The molecule has 1 aliphatic rings. The van der Waals surface area contributed by atoms with Gasteiger partial charge in [-0.3, -0.25) is 4.98 Å². The van der Waals surface area contributed by atoms with Crippen LogP contribution in [0.5, 0.6) is 0 Å². The first-order valence-electron chi connectivity index (χ1n) is 10.4. The van der Waals surface area contributed by atoms with Gasteiger partial charge in [0.15, 0.2) is 0 Å². The van der Waals surface area contributed by atoms with Gasteiger partial charge in [-0.1, -0.05) is 51.1 Å². The van der Waals surface area contributed by atoms with Crippen LogP contribution < -0.4 is 0 Å². The summed E-state index contributed by atoms with van der Waals surface area (Å²) in [5.74, 6) is 0.175. The molecule has 1 heterocycles. The van der Waals surface area contributed by atoms with Crippen molar-refractivity contribution < 1.29 is 9.53 Å². The van der Waals surface area contributed by atoms with E-state index in [-0.39, 0.29) is 18.0 Å². The Balaban J connectivity index is 1.71. The number of aryl methyl sites for hydroxylation is 1. The van der Waals surface area contributed by atoms with E-state index in [1.165, 1.54) is 0 Å². The van der Waals surface area contributed by atoms with Crippen LogP contribution in [0.2, 0.25) is 0 Å². The van der Waals surface area contributed by atoms with Crippen LogP contribution in [0.25, 0.3) is 10.9 Å². The van der Waals surface area contributed by atoms with E-state index >= 15 is 0 Å². The molecular formula is C26H26N2O2. The number of nitriles is 1. The fraction of sp³-hybridized carbons (Fsp3) is 0.346. The highest BCUT2D eigenvalue weighted by atomic mass is 16.5. The summed E-state index contributed by atoms with van der Waals surface area (Å²) in [6, 6.07) is 17.1. The summed E-state index contributed by atoms with van der Waals surface area (Å²) in [6.45, 7) is 6.93. The third-order valence-corrected chi connectivity index (χ3v) is 6.11. The Morgan fingerprint density at radius 1 is 1.20 bits per heavy atom. The molecule has 30 heavy (non-hydrogen) atoms. The fourth-order valence-electron chi connectivity index (χ4n) is 4.31. The summed E-state index contributed by atoms with van der Waals surface area (Å²) >= 11 is 0. The van der Waals surface area contributed by atoms with Crippen LogP contribution >= 0.6 is 0 Å². The van der Waals surface area contributed by atoms with Crippen molar-refractivity contribution in [2.45, 2.75) is 46.6 Å². The number of ether oxygens (including phenoxy) is 1. The highest BCUT2D eigenvalue weighted by Crippen LogP contribution is 2.39. The van der Waals surface area contributed by atoms with Crippen LogP contribution in [0.1, 0.15) is 59.9 Å². The van der Waals surface area contributed by atoms with Gasteiger partial charge < -0.3 is 4.74 Å². The molecule has 2 aromatic carbocycles. The lowest BCUT2D eigenvalue weighted by Crippen LogP contribution is -2.29. The van der Waals surface area contributed by atoms with Crippen molar-refractivity contribution in [3.8, 4) is 6.07 Å². The van der Waals surface area contributed by atoms with E-state index in [2.05, 4.69) is 26.8 Å². The quantitative estimate of drug-likeness (QED) is 0.538. The fourth-order valence-corrected chi connectivity index (χ4v) is 4.31. The second-order valence-corrected chi connectivity index (χ2v) is 9.12. The third kappa shape index (κ3) is 3.93. The standard InChI is InChI=1S/C26H26N2O2/c1-26(2,3)19-11-12-23-21(14-19)24(20-9-4-5-10-22(20)28-23)25(29)30-16-18-8-6-7-17(13-18)15-27/h4-10,13,19H,11-12,14,16H2,1-3H3/t19-/m0/s1.